The number of amides is 1. The Balaban J connectivity index is 1.89. The van der Waals surface area contributed by atoms with Gasteiger partial charge >= 0.3 is 0 Å². The zero-order valence-electron chi connectivity index (χ0n) is 13.8. The molecule has 1 unspecified atom stereocenters. The highest BCUT2D eigenvalue weighted by Crippen LogP contribution is 2.21. The number of benzene rings is 1. The lowest BCUT2D eigenvalue weighted by Crippen LogP contribution is -2.28. The molecule has 0 aliphatic rings. The van der Waals surface area contributed by atoms with Crippen LogP contribution in [0.25, 0.3) is 0 Å². The maximum absolute atomic E-state index is 13.1. The fourth-order valence-electron chi connectivity index (χ4n) is 2.55. The van der Waals surface area contributed by atoms with Gasteiger partial charge in [-0.25, -0.2) is 4.39 Å². The van der Waals surface area contributed by atoms with E-state index in [2.05, 4.69) is 22.1 Å². The fraction of sp³-hybridized carbons (Fsp3) is 0.333. The van der Waals surface area contributed by atoms with E-state index in [1.807, 2.05) is 25.2 Å². The van der Waals surface area contributed by atoms with Gasteiger partial charge in [0, 0.05) is 24.8 Å². The van der Waals surface area contributed by atoms with E-state index in [0.29, 0.717) is 18.7 Å². The van der Waals surface area contributed by atoms with Crippen molar-refractivity contribution in [1.82, 2.24) is 9.88 Å². The predicted octanol–water partition coefficient (Wildman–Crippen LogP) is 4.29. The molecule has 2 aromatic rings. The molecule has 1 atom stereocenters. The van der Waals surface area contributed by atoms with E-state index in [0.717, 1.165) is 12.1 Å². The first-order chi connectivity index (χ1) is 11.5. The second kappa shape index (κ2) is 8.76. The molecule has 0 saturated heterocycles. The standard InChI is InChI=1S/C18H21ClFN3O/c1-3-17(16-6-4-5-10-21-16)23(2)11-9-18(24)22-13-7-8-15(20)14(19)12-13/h4-8,10,12,17H,3,9,11H2,1-2H3,(H,22,24). The Hall–Kier alpha value is -1.98. The summed E-state index contributed by atoms with van der Waals surface area (Å²) in [5.74, 6) is -0.643. The van der Waals surface area contributed by atoms with Crippen LogP contribution in [0.4, 0.5) is 10.1 Å². The maximum Gasteiger partial charge on any atom is 0.225 e. The summed E-state index contributed by atoms with van der Waals surface area (Å²) in [6, 6.07) is 10.1. The van der Waals surface area contributed by atoms with Crippen molar-refractivity contribution in [1.29, 1.82) is 0 Å². The Morgan fingerprint density at radius 3 is 2.79 bits per heavy atom. The topological polar surface area (TPSA) is 45.2 Å². The van der Waals surface area contributed by atoms with Gasteiger partial charge in [0.05, 0.1) is 16.8 Å². The van der Waals surface area contributed by atoms with Crippen molar-refractivity contribution in [3.05, 3.63) is 59.1 Å². The summed E-state index contributed by atoms with van der Waals surface area (Å²) in [6.07, 6.45) is 3.01. The minimum atomic E-state index is -0.504. The van der Waals surface area contributed by atoms with Crippen LogP contribution >= 0.6 is 11.6 Å². The van der Waals surface area contributed by atoms with Crippen LogP contribution in [0.15, 0.2) is 42.6 Å². The maximum atomic E-state index is 13.1. The molecule has 1 N–H and O–H groups in total. The quantitative estimate of drug-likeness (QED) is 0.811. The highest BCUT2D eigenvalue weighted by atomic mass is 35.5. The van der Waals surface area contributed by atoms with E-state index in [4.69, 9.17) is 11.6 Å². The minimum absolute atomic E-state index is 0.00822. The first kappa shape index (κ1) is 18.4. The molecule has 0 saturated carbocycles. The van der Waals surface area contributed by atoms with Crippen molar-refractivity contribution in [2.45, 2.75) is 25.8 Å². The number of hydrogen-bond acceptors (Lipinski definition) is 3. The second-order valence-corrected chi connectivity index (χ2v) is 5.99. The van der Waals surface area contributed by atoms with E-state index in [9.17, 15) is 9.18 Å². The van der Waals surface area contributed by atoms with Gasteiger partial charge in [-0.15, -0.1) is 0 Å². The molecule has 1 heterocycles. The third kappa shape index (κ3) is 5.01. The Bertz CT molecular complexity index is 681. The number of hydrogen-bond donors (Lipinski definition) is 1. The number of halogens is 2. The van der Waals surface area contributed by atoms with E-state index in [-0.39, 0.29) is 17.0 Å². The Kier molecular flexibility index (Phi) is 6.70. The summed E-state index contributed by atoms with van der Waals surface area (Å²) >= 11 is 5.71. The van der Waals surface area contributed by atoms with Crippen molar-refractivity contribution < 1.29 is 9.18 Å². The first-order valence-electron chi connectivity index (χ1n) is 7.87. The van der Waals surface area contributed by atoms with Gasteiger partial charge in [-0.3, -0.25) is 14.7 Å². The van der Waals surface area contributed by atoms with Gasteiger partial charge in [-0.05, 0) is 43.8 Å². The molecule has 1 aromatic heterocycles. The number of pyridine rings is 1. The van der Waals surface area contributed by atoms with Crippen molar-refractivity contribution in [2.75, 3.05) is 18.9 Å². The molecule has 0 radical (unpaired) electrons. The summed E-state index contributed by atoms with van der Waals surface area (Å²) in [5.41, 5.74) is 1.49. The molecule has 128 valence electrons. The average Bonchev–Trinajstić information content (AvgIpc) is 2.58. The molecular formula is C18H21ClFN3O. The molecule has 4 nitrogen and oxygen atoms in total. The Morgan fingerprint density at radius 1 is 1.38 bits per heavy atom. The monoisotopic (exact) mass is 349 g/mol. The van der Waals surface area contributed by atoms with Crippen molar-refractivity contribution in [2.24, 2.45) is 0 Å². The molecule has 24 heavy (non-hydrogen) atoms. The second-order valence-electron chi connectivity index (χ2n) is 5.59. The fourth-order valence-corrected chi connectivity index (χ4v) is 2.73. The van der Waals surface area contributed by atoms with Crippen LogP contribution < -0.4 is 5.32 Å². The average molecular weight is 350 g/mol. The number of nitrogens with zero attached hydrogens (tertiary/aromatic N) is 2. The lowest BCUT2D eigenvalue weighted by molar-refractivity contribution is -0.116. The smallest absolute Gasteiger partial charge is 0.225 e. The lowest BCUT2D eigenvalue weighted by atomic mass is 10.1. The highest BCUT2D eigenvalue weighted by molar-refractivity contribution is 6.31. The molecule has 2 rings (SSSR count). The van der Waals surface area contributed by atoms with Gasteiger partial charge in [0.2, 0.25) is 5.91 Å². The predicted molar refractivity (Wildman–Crippen MR) is 94.6 cm³/mol. The summed E-state index contributed by atoms with van der Waals surface area (Å²) in [7, 11) is 1.98. The van der Waals surface area contributed by atoms with Gasteiger partial charge in [0.25, 0.3) is 0 Å². The van der Waals surface area contributed by atoms with E-state index in [1.165, 1.54) is 18.2 Å². The Morgan fingerprint density at radius 2 is 2.17 bits per heavy atom. The summed E-state index contributed by atoms with van der Waals surface area (Å²) in [6.45, 7) is 2.69. The van der Waals surface area contributed by atoms with Crippen LogP contribution in [0.3, 0.4) is 0 Å². The molecule has 0 bridgehead atoms. The molecule has 6 heteroatoms. The zero-order chi connectivity index (χ0) is 17.5. The van der Waals surface area contributed by atoms with Gasteiger partial charge in [-0.1, -0.05) is 24.6 Å². The normalized spacial score (nSPS) is 12.2. The van der Waals surface area contributed by atoms with Gasteiger partial charge in [0.1, 0.15) is 5.82 Å². The number of nitrogens with one attached hydrogen (secondary N) is 1. The van der Waals surface area contributed by atoms with Gasteiger partial charge in [0.15, 0.2) is 0 Å². The Labute approximate surface area is 146 Å². The van der Waals surface area contributed by atoms with Crippen LogP contribution in [0, 0.1) is 5.82 Å². The van der Waals surface area contributed by atoms with E-state index < -0.39 is 5.82 Å². The summed E-state index contributed by atoms with van der Waals surface area (Å²) < 4.78 is 13.1. The van der Waals surface area contributed by atoms with Crippen molar-refractivity contribution in [3.8, 4) is 0 Å². The molecule has 0 aliphatic carbocycles. The number of carbonyl (C=O) groups is 1. The van der Waals surface area contributed by atoms with Crippen LogP contribution in [0.5, 0.6) is 0 Å². The van der Waals surface area contributed by atoms with Crippen LogP contribution in [-0.2, 0) is 4.79 Å². The highest BCUT2D eigenvalue weighted by Gasteiger charge is 2.17. The number of anilines is 1. The van der Waals surface area contributed by atoms with Crippen LogP contribution in [-0.4, -0.2) is 29.4 Å². The first-order valence-corrected chi connectivity index (χ1v) is 8.25. The number of rotatable bonds is 7. The van der Waals surface area contributed by atoms with E-state index >= 15 is 0 Å². The van der Waals surface area contributed by atoms with Crippen LogP contribution in [0.2, 0.25) is 5.02 Å². The molecule has 0 aliphatic heterocycles. The third-order valence-corrected chi connectivity index (χ3v) is 4.13. The molecule has 0 spiro atoms. The lowest BCUT2D eigenvalue weighted by Gasteiger charge is -2.26. The number of aromatic nitrogens is 1. The van der Waals surface area contributed by atoms with Crippen molar-refractivity contribution >= 4 is 23.2 Å². The van der Waals surface area contributed by atoms with E-state index in [1.54, 1.807) is 6.20 Å². The summed E-state index contributed by atoms with van der Waals surface area (Å²) in [5, 5.41) is 2.72. The van der Waals surface area contributed by atoms with Gasteiger partial charge < -0.3 is 5.32 Å². The molecule has 1 aromatic carbocycles. The van der Waals surface area contributed by atoms with Crippen LogP contribution in [0.1, 0.15) is 31.5 Å². The largest absolute Gasteiger partial charge is 0.326 e. The minimum Gasteiger partial charge on any atom is -0.326 e. The SMILES string of the molecule is CCC(c1ccccn1)N(C)CCC(=O)Nc1ccc(F)c(Cl)c1. The van der Waals surface area contributed by atoms with Crippen molar-refractivity contribution in [3.63, 3.8) is 0 Å². The molecule has 1 amide bonds. The van der Waals surface area contributed by atoms with Gasteiger partial charge in [-0.2, -0.15) is 0 Å². The molecular weight excluding hydrogens is 329 g/mol. The number of carbonyl (C=O) groups excluding carboxylic acids is 1. The zero-order valence-corrected chi connectivity index (χ0v) is 14.6. The summed E-state index contributed by atoms with van der Waals surface area (Å²) in [4.78, 5) is 18.6. The third-order valence-electron chi connectivity index (χ3n) is 3.84. The molecule has 0 fully saturated rings.